The minimum atomic E-state index is -0.0799. The molecule has 0 aromatic carbocycles. The SMILES string of the molecule is O=C1CCCCCCC(=O)OCCCCCCCO1. The van der Waals surface area contributed by atoms with E-state index in [1.165, 1.54) is 0 Å². The van der Waals surface area contributed by atoms with Crippen LogP contribution in [0.2, 0.25) is 0 Å². The number of cyclic esters (lactones) is 2. The Bertz CT molecular complexity index is 237. The van der Waals surface area contributed by atoms with Gasteiger partial charge in [0.15, 0.2) is 0 Å². The van der Waals surface area contributed by atoms with Gasteiger partial charge < -0.3 is 9.47 Å². The van der Waals surface area contributed by atoms with Crippen LogP contribution >= 0.6 is 0 Å². The van der Waals surface area contributed by atoms with Crippen molar-refractivity contribution in [2.45, 2.75) is 70.6 Å². The van der Waals surface area contributed by atoms with Crippen LogP contribution in [0.4, 0.5) is 0 Å². The zero-order valence-corrected chi connectivity index (χ0v) is 11.8. The van der Waals surface area contributed by atoms with Crippen molar-refractivity contribution >= 4 is 11.9 Å². The lowest BCUT2D eigenvalue weighted by Gasteiger charge is -2.04. The normalized spacial score (nSPS) is 22.1. The molecule has 1 fully saturated rings. The fraction of sp³-hybridized carbons (Fsp3) is 0.867. The second-order valence-corrected chi connectivity index (χ2v) is 5.12. The van der Waals surface area contributed by atoms with Gasteiger partial charge in [-0.1, -0.05) is 32.1 Å². The molecule has 1 rings (SSSR count). The summed E-state index contributed by atoms with van der Waals surface area (Å²) in [4.78, 5) is 22.8. The lowest BCUT2D eigenvalue weighted by atomic mass is 10.1. The van der Waals surface area contributed by atoms with Gasteiger partial charge in [-0.2, -0.15) is 0 Å². The molecule has 0 unspecified atom stereocenters. The highest BCUT2D eigenvalue weighted by atomic mass is 16.5. The van der Waals surface area contributed by atoms with Crippen molar-refractivity contribution in [2.75, 3.05) is 13.2 Å². The van der Waals surface area contributed by atoms with Crippen molar-refractivity contribution in [3.63, 3.8) is 0 Å². The average Bonchev–Trinajstić information content (AvgIpc) is 2.40. The fourth-order valence-corrected chi connectivity index (χ4v) is 2.14. The summed E-state index contributed by atoms with van der Waals surface area (Å²) in [6.07, 6.45) is 9.79. The molecular weight excluding hydrogens is 244 g/mol. The predicted octanol–water partition coefficient (Wildman–Crippen LogP) is 3.38. The Labute approximate surface area is 115 Å². The second kappa shape index (κ2) is 10.8. The van der Waals surface area contributed by atoms with Gasteiger partial charge in [0.1, 0.15) is 0 Å². The highest BCUT2D eigenvalue weighted by molar-refractivity contribution is 5.69. The van der Waals surface area contributed by atoms with E-state index in [1.807, 2.05) is 0 Å². The summed E-state index contributed by atoms with van der Waals surface area (Å²) < 4.78 is 10.3. The van der Waals surface area contributed by atoms with E-state index in [0.29, 0.717) is 26.1 Å². The Morgan fingerprint density at radius 3 is 1.37 bits per heavy atom. The first-order valence-corrected chi connectivity index (χ1v) is 7.60. The van der Waals surface area contributed by atoms with E-state index in [0.717, 1.165) is 57.8 Å². The monoisotopic (exact) mass is 270 g/mol. The number of hydrogen-bond acceptors (Lipinski definition) is 4. The van der Waals surface area contributed by atoms with Gasteiger partial charge >= 0.3 is 11.9 Å². The maximum Gasteiger partial charge on any atom is 0.305 e. The van der Waals surface area contributed by atoms with Crippen molar-refractivity contribution in [1.29, 1.82) is 0 Å². The molecule has 19 heavy (non-hydrogen) atoms. The molecule has 0 bridgehead atoms. The minimum Gasteiger partial charge on any atom is -0.466 e. The van der Waals surface area contributed by atoms with Crippen LogP contribution in [0, 0.1) is 0 Å². The topological polar surface area (TPSA) is 52.6 Å². The highest BCUT2D eigenvalue weighted by Crippen LogP contribution is 2.09. The molecular formula is C15H26O4. The van der Waals surface area contributed by atoms with Crippen molar-refractivity contribution in [3.05, 3.63) is 0 Å². The van der Waals surface area contributed by atoms with Crippen molar-refractivity contribution < 1.29 is 19.1 Å². The molecule has 4 nitrogen and oxygen atoms in total. The third-order valence-electron chi connectivity index (χ3n) is 3.33. The minimum absolute atomic E-state index is 0.0799. The summed E-state index contributed by atoms with van der Waals surface area (Å²) in [7, 11) is 0. The molecule has 0 aromatic rings. The van der Waals surface area contributed by atoms with Crippen LogP contribution in [-0.2, 0) is 19.1 Å². The maximum absolute atomic E-state index is 11.4. The van der Waals surface area contributed by atoms with E-state index in [4.69, 9.17) is 9.47 Å². The Balaban J connectivity index is 2.21. The predicted molar refractivity (Wildman–Crippen MR) is 72.7 cm³/mol. The molecule has 110 valence electrons. The Morgan fingerprint density at radius 1 is 0.526 bits per heavy atom. The van der Waals surface area contributed by atoms with Gasteiger partial charge in [-0.25, -0.2) is 0 Å². The third-order valence-corrected chi connectivity index (χ3v) is 3.33. The molecule has 0 aromatic heterocycles. The number of esters is 2. The lowest BCUT2D eigenvalue weighted by molar-refractivity contribution is -0.145. The van der Waals surface area contributed by atoms with Gasteiger partial charge in [0.2, 0.25) is 0 Å². The van der Waals surface area contributed by atoms with Crippen LogP contribution in [0.3, 0.4) is 0 Å². The summed E-state index contributed by atoms with van der Waals surface area (Å²) >= 11 is 0. The summed E-state index contributed by atoms with van der Waals surface area (Å²) in [5.74, 6) is -0.160. The van der Waals surface area contributed by atoms with Gasteiger partial charge in [0.05, 0.1) is 13.2 Å². The number of ether oxygens (including phenoxy) is 2. The van der Waals surface area contributed by atoms with E-state index in [9.17, 15) is 9.59 Å². The first-order chi connectivity index (χ1) is 9.29. The highest BCUT2D eigenvalue weighted by Gasteiger charge is 2.05. The molecule has 1 heterocycles. The largest absolute Gasteiger partial charge is 0.466 e. The fourth-order valence-electron chi connectivity index (χ4n) is 2.14. The molecule has 1 aliphatic rings. The zero-order chi connectivity index (χ0) is 13.8. The number of hydrogen-bond donors (Lipinski definition) is 0. The van der Waals surface area contributed by atoms with Gasteiger partial charge in [-0.05, 0) is 25.7 Å². The van der Waals surface area contributed by atoms with Crippen molar-refractivity contribution in [3.8, 4) is 0 Å². The smallest absolute Gasteiger partial charge is 0.305 e. The van der Waals surface area contributed by atoms with Crippen molar-refractivity contribution in [1.82, 2.24) is 0 Å². The van der Waals surface area contributed by atoms with E-state index < -0.39 is 0 Å². The van der Waals surface area contributed by atoms with Gasteiger partial charge in [0, 0.05) is 12.8 Å². The Hall–Kier alpha value is -1.06. The number of carbonyl (C=O) groups excluding carboxylic acids is 2. The number of carbonyl (C=O) groups is 2. The van der Waals surface area contributed by atoms with E-state index in [-0.39, 0.29) is 11.9 Å². The molecule has 1 aliphatic heterocycles. The molecule has 0 atom stereocenters. The zero-order valence-electron chi connectivity index (χ0n) is 11.8. The van der Waals surface area contributed by atoms with Gasteiger partial charge in [-0.3, -0.25) is 9.59 Å². The molecule has 1 saturated heterocycles. The summed E-state index contributed by atoms with van der Waals surface area (Å²) in [6.45, 7) is 1.10. The standard InChI is InChI=1S/C15H26O4/c16-14-10-6-2-3-7-11-15(17)19-13-9-5-1-4-8-12-18-14/h1-13H2. The maximum atomic E-state index is 11.4. The summed E-state index contributed by atoms with van der Waals surface area (Å²) in [6, 6.07) is 0. The van der Waals surface area contributed by atoms with E-state index in [1.54, 1.807) is 0 Å². The first-order valence-electron chi connectivity index (χ1n) is 7.60. The molecule has 0 amide bonds. The second-order valence-electron chi connectivity index (χ2n) is 5.12. The quantitative estimate of drug-likeness (QED) is 0.633. The van der Waals surface area contributed by atoms with Crippen LogP contribution in [0.1, 0.15) is 70.6 Å². The summed E-state index contributed by atoms with van der Waals surface area (Å²) in [5.41, 5.74) is 0. The van der Waals surface area contributed by atoms with Gasteiger partial charge in [-0.15, -0.1) is 0 Å². The molecule has 0 spiro atoms. The van der Waals surface area contributed by atoms with Crippen LogP contribution in [0.25, 0.3) is 0 Å². The molecule has 0 aliphatic carbocycles. The van der Waals surface area contributed by atoms with Crippen LogP contribution < -0.4 is 0 Å². The van der Waals surface area contributed by atoms with Crippen molar-refractivity contribution in [2.24, 2.45) is 0 Å². The van der Waals surface area contributed by atoms with Crippen LogP contribution in [0.15, 0.2) is 0 Å². The molecule has 0 N–H and O–H groups in total. The van der Waals surface area contributed by atoms with Gasteiger partial charge in [0.25, 0.3) is 0 Å². The van der Waals surface area contributed by atoms with E-state index in [2.05, 4.69) is 0 Å². The molecule has 0 radical (unpaired) electrons. The summed E-state index contributed by atoms with van der Waals surface area (Å²) in [5, 5.41) is 0. The number of rotatable bonds is 0. The molecule has 4 heteroatoms. The lowest BCUT2D eigenvalue weighted by Crippen LogP contribution is -2.05. The average molecular weight is 270 g/mol. The Kier molecular flexibility index (Phi) is 9.11. The van der Waals surface area contributed by atoms with Crippen LogP contribution in [0.5, 0.6) is 0 Å². The Morgan fingerprint density at radius 2 is 0.895 bits per heavy atom. The van der Waals surface area contributed by atoms with E-state index >= 15 is 0 Å². The first kappa shape index (κ1) is 16.0. The third kappa shape index (κ3) is 9.51. The molecule has 0 saturated carbocycles. The van der Waals surface area contributed by atoms with Crippen LogP contribution in [-0.4, -0.2) is 25.2 Å².